The topological polar surface area (TPSA) is 54.9 Å². The minimum absolute atomic E-state index is 0.0724. The molecule has 0 unspecified atom stereocenters. The molecule has 30 heavy (non-hydrogen) atoms. The van der Waals surface area contributed by atoms with E-state index in [0.717, 1.165) is 31.4 Å². The van der Waals surface area contributed by atoms with Gasteiger partial charge in [0.25, 0.3) is 0 Å². The van der Waals surface area contributed by atoms with Crippen LogP contribution in [-0.4, -0.2) is 21.6 Å². The maximum atomic E-state index is 12.3. The first-order chi connectivity index (χ1) is 14.5. The number of benzene rings is 2. The Morgan fingerprint density at radius 3 is 2.83 bits per heavy atom. The molecule has 2 aromatic carbocycles. The number of thioether (sulfide) groups is 1. The van der Waals surface area contributed by atoms with E-state index in [1.165, 1.54) is 34.2 Å². The van der Waals surface area contributed by atoms with Crippen LogP contribution < -0.4 is 5.32 Å². The highest BCUT2D eigenvalue weighted by atomic mass is 79.9. The molecule has 4 aromatic rings. The number of carbonyl (C=O) groups excluding carboxylic acids is 1. The average Bonchev–Trinajstić information content (AvgIpc) is 3.37. The second-order valence-electron chi connectivity index (χ2n) is 6.64. The SMILES string of the molecule is Cc1cccc(Cc2cnc(NC(=O)CSc3nc(-c4ccc(Br)cc4)cs3)s2)c1. The van der Waals surface area contributed by atoms with Gasteiger partial charge in [0.05, 0.1) is 11.4 Å². The lowest BCUT2D eigenvalue weighted by molar-refractivity contribution is -0.113. The number of anilines is 1. The molecule has 4 rings (SSSR count). The Kier molecular flexibility index (Phi) is 6.99. The van der Waals surface area contributed by atoms with Gasteiger partial charge in [-0.3, -0.25) is 4.79 Å². The fourth-order valence-corrected chi connectivity index (χ4v) is 5.59. The Labute approximate surface area is 195 Å². The average molecular weight is 517 g/mol. The largest absolute Gasteiger partial charge is 0.301 e. The fraction of sp³-hybridized carbons (Fsp3) is 0.136. The highest BCUT2D eigenvalue weighted by Gasteiger charge is 2.11. The van der Waals surface area contributed by atoms with Crippen molar-refractivity contribution in [2.45, 2.75) is 17.7 Å². The lowest BCUT2D eigenvalue weighted by Crippen LogP contribution is -2.13. The second kappa shape index (κ2) is 9.87. The van der Waals surface area contributed by atoms with Crippen molar-refractivity contribution in [1.82, 2.24) is 9.97 Å². The Morgan fingerprint density at radius 1 is 1.20 bits per heavy atom. The van der Waals surface area contributed by atoms with Crippen molar-refractivity contribution < 1.29 is 4.79 Å². The van der Waals surface area contributed by atoms with E-state index in [2.05, 4.69) is 62.4 Å². The monoisotopic (exact) mass is 515 g/mol. The maximum Gasteiger partial charge on any atom is 0.236 e. The van der Waals surface area contributed by atoms with Crippen molar-refractivity contribution in [2.24, 2.45) is 0 Å². The van der Waals surface area contributed by atoms with Crippen LogP contribution in [0.5, 0.6) is 0 Å². The number of aryl methyl sites for hydroxylation is 1. The molecule has 152 valence electrons. The van der Waals surface area contributed by atoms with Gasteiger partial charge in [0, 0.05) is 32.9 Å². The predicted octanol–water partition coefficient (Wildman–Crippen LogP) is 6.66. The minimum atomic E-state index is -0.0724. The van der Waals surface area contributed by atoms with Gasteiger partial charge in [-0.2, -0.15) is 0 Å². The molecule has 0 aliphatic heterocycles. The standard InChI is InChI=1S/C22H18BrN3OS3/c1-14-3-2-4-15(9-14)10-18-11-24-21(30-18)26-20(27)13-29-22-25-19(12-28-22)16-5-7-17(23)8-6-16/h2-9,11-12H,10,13H2,1H3,(H,24,26,27). The third kappa shape index (κ3) is 5.78. The molecule has 0 bridgehead atoms. The number of nitrogens with zero attached hydrogens (tertiary/aromatic N) is 2. The lowest BCUT2D eigenvalue weighted by Gasteiger charge is -2.01. The summed E-state index contributed by atoms with van der Waals surface area (Å²) in [4.78, 5) is 22.4. The normalized spacial score (nSPS) is 10.9. The molecule has 1 amide bonds. The van der Waals surface area contributed by atoms with Crippen LogP contribution in [0.4, 0.5) is 5.13 Å². The fourth-order valence-electron chi connectivity index (χ4n) is 2.83. The van der Waals surface area contributed by atoms with Gasteiger partial charge in [-0.15, -0.1) is 22.7 Å². The van der Waals surface area contributed by atoms with Crippen molar-refractivity contribution in [3.05, 3.63) is 80.6 Å². The van der Waals surface area contributed by atoms with E-state index >= 15 is 0 Å². The molecule has 0 fully saturated rings. The van der Waals surface area contributed by atoms with Crippen LogP contribution in [0.15, 0.2) is 68.9 Å². The molecule has 8 heteroatoms. The van der Waals surface area contributed by atoms with Gasteiger partial charge in [0.2, 0.25) is 5.91 Å². The van der Waals surface area contributed by atoms with Crippen molar-refractivity contribution in [3.63, 3.8) is 0 Å². The van der Waals surface area contributed by atoms with Gasteiger partial charge in [-0.05, 0) is 24.6 Å². The zero-order valence-corrected chi connectivity index (χ0v) is 20.1. The third-order valence-electron chi connectivity index (χ3n) is 4.21. The Bertz CT molecular complexity index is 1150. The molecule has 4 nitrogen and oxygen atoms in total. The van der Waals surface area contributed by atoms with Crippen molar-refractivity contribution >= 4 is 61.4 Å². The molecule has 2 aromatic heterocycles. The summed E-state index contributed by atoms with van der Waals surface area (Å²) in [6.45, 7) is 2.09. The molecule has 0 saturated carbocycles. The van der Waals surface area contributed by atoms with Crippen LogP contribution in [0.3, 0.4) is 0 Å². The number of hydrogen-bond donors (Lipinski definition) is 1. The molecule has 0 saturated heterocycles. The summed E-state index contributed by atoms with van der Waals surface area (Å²) < 4.78 is 1.92. The second-order valence-corrected chi connectivity index (χ2v) is 10.8. The summed E-state index contributed by atoms with van der Waals surface area (Å²) in [6, 6.07) is 16.5. The van der Waals surface area contributed by atoms with Crippen molar-refractivity contribution in [3.8, 4) is 11.3 Å². The maximum absolute atomic E-state index is 12.3. The van der Waals surface area contributed by atoms with E-state index in [1.807, 2.05) is 35.8 Å². The number of rotatable bonds is 7. The van der Waals surface area contributed by atoms with Gasteiger partial charge < -0.3 is 5.32 Å². The van der Waals surface area contributed by atoms with Crippen LogP contribution in [-0.2, 0) is 11.2 Å². The summed E-state index contributed by atoms with van der Waals surface area (Å²) in [6.07, 6.45) is 2.66. The molecule has 0 aliphatic carbocycles. The third-order valence-corrected chi connectivity index (χ3v) is 7.67. The number of carbonyl (C=O) groups is 1. The minimum Gasteiger partial charge on any atom is -0.301 e. The highest BCUT2D eigenvalue weighted by Crippen LogP contribution is 2.29. The Balaban J connectivity index is 1.29. The molecular weight excluding hydrogens is 498 g/mol. The van der Waals surface area contributed by atoms with Crippen molar-refractivity contribution in [2.75, 3.05) is 11.1 Å². The predicted molar refractivity (Wildman–Crippen MR) is 131 cm³/mol. The van der Waals surface area contributed by atoms with E-state index in [-0.39, 0.29) is 5.91 Å². The first kappa shape index (κ1) is 21.2. The molecule has 0 aliphatic rings. The van der Waals surface area contributed by atoms with E-state index in [4.69, 9.17) is 0 Å². The lowest BCUT2D eigenvalue weighted by atomic mass is 10.1. The Morgan fingerprint density at radius 2 is 2.03 bits per heavy atom. The van der Waals surface area contributed by atoms with Crippen LogP contribution in [0.1, 0.15) is 16.0 Å². The van der Waals surface area contributed by atoms with Gasteiger partial charge >= 0.3 is 0 Å². The number of halogens is 1. The van der Waals surface area contributed by atoms with Crippen LogP contribution >= 0.6 is 50.4 Å². The number of aromatic nitrogens is 2. The smallest absolute Gasteiger partial charge is 0.236 e. The first-order valence-electron chi connectivity index (χ1n) is 9.19. The number of amides is 1. The quantitative estimate of drug-likeness (QED) is 0.279. The van der Waals surface area contributed by atoms with Gasteiger partial charge in [0.15, 0.2) is 9.47 Å². The number of hydrogen-bond acceptors (Lipinski definition) is 6. The summed E-state index contributed by atoms with van der Waals surface area (Å²) in [5.41, 5.74) is 4.48. The van der Waals surface area contributed by atoms with Crippen molar-refractivity contribution in [1.29, 1.82) is 0 Å². The first-order valence-corrected chi connectivity index (χ1v) is 12.7. The molecule has 0 atom stereocenters. The zero-order valence-electron chi connectivity index (χ0n) is 16.1. The van der Waals surface area contributed by atoms with Gasteiger partial charge in [-0.1, -0.05) is 69.7 Å². The van der Waals surface area contributed by atoms with Crippen LogP contribution in [0.2, 0.25) is 0 Å². The van der Waals surface area contributed by atoms with Gasteiger partial charge in [0.1, 0.15) is 0 Å². The highest BCUT2D eigenvalue weighted by molar-refractivity contribution is 9.10. The summed E-state index contributed by atoms with van der Waals surface area (Å²) in [7, 11) is 0. The number of thiazole rings is 2. The summed E-state index contributed by atoms with van der Waals surface area (Å²) in [5.74, 6) is 0.233. The van der Waals surface area contributed by atoms with E-state index < -0.39 is 0 Å². The van der Waals surface area contributed by atoms with Gasteiger partial charge in [-0.25, -0.2) is 9.97 Å². The molecular formula is C22H18BrN3OS3. The summed E-state index contributed by atoms with van der Waals surface area (Å²) >= 11 is 7.95. The zero-order chi connectivity index (χ0) is 20.9. The molecule has 2 heterocycles. The van der Waals surface area contributed by atoms with E-state index in [1.54, 1.807) is 11.3 Å². The van der Waals surface area contributed by atoms with Crippen LogP contribution in [0.25, 0.3) is 11.3 Å². The van der Waals surface area contributed by atoms with E-state index in [9.17, 15) is 4.79 Å². The Hall–Kier alpha value is -2.00. The van der Waals surface area contributed by atoms with Crippen LogP contribution in [0, 0.1) is 6.92 Å². The number of nitrogens with one attached hydrogen (secondary N) is 1. The van der Waals surface area contributed by atoms with E-state index in [0.29, 0.717) is 10.9 Å². The summed E-state index contributed by atoms with van der Waals surface area (Å²) in [5, 5.41) is 5.55. The molecule has 1 N–H and O–H groups in total. The molecule has 0 spiro atoms. The molecule has 0 radical (unpaired) electrons.